The Morgan fingerprint density at radius 1 is 0.913 bits per heavy atom. The molecule has 5 heteroatoms. The van der Waals surface area contributed by atoms with Crippen molar-refractivity contribution in [1.29, 1.82) is 0 Å². The summed E-state index contributed by atoms with van der Waals surface area (Å²) in [5, 5.41) is 0. The Bertz CT molecular complexity index is 655. The minimum absolute atomic E-state index is 0.110. The molecule has 2 aromatic carbocycles. The SMILES string of the molecule is NC(=O)c1cccc(COC(=O)CCOCc2ccccc2)c1. The highest BCUT2D eigenvalue weighted by Crippen LogP contribution is 2.07. The summed E-state index contributed by atoms with van der Waals surface area (Å²) in [6.07, 6.45) is 0.183. The van der Waals surface area contributed by atoms with Crippen molar-refractivity contribution in [2.75, 3.05) is 6.61 Å². The normalized spacial score (nSPS) is 10.3. The fraction of sp³-hybridized carbons (Fsp3) is 0.222. The third-order valence-corrected chi connectivity index (χ3v) is 3.17. The van der Waals surface area contributed by atoms with Crippen LogP contribution >= 0.6 is 0 Å². The molecule has 120 valence electrons. The van der Waals surface area contributed by atoms with Gasteiger partial charge in [-0.25, -0.2) is 0 Å². The zero-order chi connectivity index (χ0) is 16.5. The van der Waals surface area contributed by atoms with Gasteiger partial charge in [-0.3, -0.25) is 9.59 Å². The Labute approximate surface area is 135 Å². The number of rotatable bonds is 8. The molecule has 23 heavy (non-hydrogen) atoms. The topological polar surface area (TPSA) is 78.6 Å². The van der Waals surface area contributed by atoms with E-state index in [4.69, 9.17) is 15.2 Å². The number of hydrogen-bond donors (Lipinski definition) is 1. The van der Waals surface area contributed by atoms with E-state index in [9.17, 15) is 9.59 Å². The number of ether oxygens (including phenoxy) is 2. The van der Waals surface area contributed by atoms with Gasteiger partial charge in [-0.05, 0) is 23.3 Å². The Hall–Kier alpha value is -2.66. The van der Waals surface area contributed by atoms with Gasteiger partial charge in [0.1, 0.15) is 6.61 Å². The summed E-state index contributed by atoms with van der Waals surface area (Å²) in [4.78, 5) is 22.7. The second-order valence-electron chi connectivity index (χ2n) is 5.01. The van der Waals surface area contributed by atoms with Crippen LogP contribution in [0.1, 0.15) is 27.9 Å². The Kier molecular flexibility index (Phi) is 6.32. The molecule has 0 atom stereocenters. The van der Waals surface area contributed by atoms with Crippen molar-refractivity contribution in [1.82, 2.24) is 0 Å². The summed E-state index contributed by atoms with van der Waals surface area (Å²) in [5.74, 6) is -0.852. The molecule has 5 nitrogen and oxygen atoms in total. The van der Waals surface area contributed by atoms with E-state index < -0.39 is 5.91 Å². The zero-order valence-electron chi connectivity index (χ0n) is 12.7. The van der Waals surface area contributed by atoms with E-state index in [2.05, 4.69) is 0 Å². The third kappa shape index (κ3) is 5.92. The van der Waals surface area contributed by atoms with Gasteiger partial charge in [0.25, 0.3) is 0 Å². The van der Waals surface area contributed by atoms with Crippen LogP contribution in [0.25, 0.3) is 0 Å². The lowest BCUT2D eigenvalue weighted by atomic mass is 10.1. The van der Waals surface area contributed by atoms with Crippen LogP contribution in [0, 0.1) is 0 Å². The molecule has 0 aliphatic heterocycles. The number of nitrogens with two attached hydrogens (primary N) is 1. The van der Waals surface area contributed by atoms with Gasteiger partial charge in [-0.1, -0.05) is 42.5 Å². The Balaban J connectivity index is 1.67. The van der Waals surface area contributed by atoms with E-state index in [0.29, 0.717) is 18.8 Å². The second-order valence-corrected chi connectivity index (χ2v) is 5.01. The summed E-state index contributed by atoms with van der Waals surface area (Å²) < 4.78 is 10.6. The van der Waals surface area contributed by atoms with E-state index in [1.807, 2.05) is 30.3 Å². The summed E-state index contributed by atoms with van der Waals surface area (Å²) in [6, 6.07) is 16.4. The van der Waals surface area contributed by atoms with Crippen molar-refractivity contribution in [2.24, 2.45) is 5.73 Å². The fourth-order valence-corrected chi connectivity index (χ4v) is 1.97. The largest absolute Gasteiger partial charge is 0.461 e. The van der Waals surface area contributed by atoms with Crippen molar-refractivity contribution < 1.29 is 19.1 Å². The molecule has 0 saturated heterocycles. The average Bonchev–Trinajstić information content (AvgIpc) is 2.58. The number of primary amides is 1. The van der Waals surface area contributed by atoms with E-state index in [1.54, 1.807) is 24.3 Å². The number of amides is 1. The van der Waals surface area contributed by atoms with Crippen molar-refractivity contribution in [2.45, 2.75) is 19.6 Å². The molecule has 0 heterocycles. The molecule has 0 unspecified atom stereocenters. The predicted octanol–water partition coefficient (Wildman–Crippen LogP) is 2.44. The Morgan fingerprint density at radius 3 is 2.39 bits per heavy atom. The highest BCUT2D eigenvalue weighted by molar-refractivity contribution is 5.92. The Morgan fingerprint density at radius 2 is 1.65 bits per heavy atom. The monoisotopic (exact) mass is 313 g/mol. The molecule has 0 aromatic heterocycles. The molecule has 0 fully saturated rings. The molecule has 0 aliphatic carbocycles. The van der Waals surface area contributed by atoms with Crippen molar-refractivity contribution in [3.8, 4) is 0 Å². The molecule has 2 rings (SSSR count). The number of carbonyl (C=O) groups excluding carboxylic acids is 2. The first-order chi connectivity index (χ1) is 11.1. The van der Waals surface area contributed by atoms with Gasteiger partial charge in [-0.2, -0.15) is 0 Å². The van der Waals surface area contributed by atoms with E-state index in [-0.39, 0.29) is 19.0 Å². The van der Waals surface area contributed by atoms with E-state index in [1.165, 1.54) is 0 Å². The van der Waals surface area contributed by atoms with Crippen LogP contribution in [0.2, 0.25) is 0 Å². The minimum Gasteiger partial charge on any atom is -0.461 e. The highest BCUT2D eigenvalue weighted by atomic mass is 16.5. The van der Waals surface area contributed by atoms with Gasteiger partial charge >= 0.3 is 5.97 Å². The van der Waals surface area contributed by atoms with Crippen molar-refractivity contribution in [3.05, 3.63) is 71.3 Å². The van der Waals surface area contributed by atoms with Crippen LogP contribution in [0.5, 0.6) is 0 Å². The van der Waals surface area contributed by atoms with Gasteiger partial charge < -0.3 is 15.2 Å². The van der Waals surface area contributed by atoms with Crippen molar-refractivity contribution in [3.63, 3.8) is 0 Å². The van der Waals surface area contributed by atoms with Gasteiger partial charge in [0.2, 0.25) is 5.91 Å². The molecule has 0 saturated carbocycles. The fourth-order valence-electron chi connectivity index (χ4n) is 1.97. The number of carbonyl (C=O) groups is 2. The maximum Gasteiger partial charge on any atom is 0.308 e. The number of esters is 1. The first-order valence-electron chi connectivity index (χ1n) is 7.31. The zero-order valence-corrected chi connectivity index (χ0v) is 12.7. The molecule has 2 N–H and O–H groups in total. The number of hydrogen-bond acceptors (Lipinski definition) is 4. The van der Waals surface area contributed by atoms with Crippen LogP contribution in [-0.4, -0.2) is 18.5 Å². The summed E-state index contributed by atoms with van der Waals surface area (Å²) >= 11 is 0. The predicted molar refractivity (Wildman–Crippen MR) is 85.5 cm³/mol. The lowest BCUT2D eigenvalue weighted by molar-refractivity contribution is -0.146. The van der Waals surface area contributed by atoms with Crippen LogP contribution in [-0.2, 0) is 27.5 Å². The first kappa shape index (κ1) is 16.7. The molecule has 0 aliphatic rings. The second kappa shape index (κ2) is 8.70. The van der Waals surface area contributed by atoms with Crippen LogP contribution in [0.4, 0.5) is 0 Å². The van der Waals surface area contributed by atoms with Gasteiger partial charge in [0.05, 0.1) is 19.6 Å². The van der Waals surface area contributed by atoms with Crippen molar-refractivity contribution >= 4 is 11.9 Å². The standard InChI is InChI=1S/C18H19NO4/c19-18(21)16-8-4-7-15(11-16)13-23-17(20)9-10-22-12-14-5-2-1-3-6-14/h1-8,11H,9-10,12-13H2,(H2,19,21). The van der Waals surface area contributed by atoms with Crippen LogP contribution < -0.4 is 5.73 Å². The molecule has 1 amide bonds. The molecular weight excluding hydrogens is 294 g/mol. The van der Waals surface area contributed by atoms with Crippen LogP contribution in [0.15, 0.2) is 54.6 Å². The average molecular weight is 313 g/mol. The summed E-state index contributed by atoms with van der Waals surface area (Å²) in [5.41, 5.74) is 7.38. The smallest absolute Gasteiger partial charge is 0.308 e. The molecular formula is C18H19NO4. The highest BCUT2D eigenvalue weighted by Gasteiger charge is 2.06. The third-order valence-electron chi connectivity index (χ3n) is 3.17. The van der Waals surface area contributed by atoms with E-state index in [0.717, 1.165) is 11.1 Å². The van der Waals surface area contributed by atoms with E-state index >= 15 is 0 Å². The quantitative estimate of drug-likeness (QED) is 0.599. The molecule has 0 bridgehead atoms. The number of benzene rings is 2. The summed E-state index contributed by atoms with van der Waals surface area (Å²) in [6.45, 7) is 0.877. The maximum atomic E-state index is 11.7. The molecule has 0 radical (unpaired) electrons. The first-order valence-corrected chi connectivity index (χ1v) is 7.31. The molecule has 0 spiro atoms. The van der Waals surface area contributed by atoms with Gasteiger partial charge in [-0.15, -0.1) is 0 Å². The minimum atomic E-state index is -0.507. The lowest BCUT2D eigenvalue weighted by Gasteiger charge is -2.07. The van der Waals surface area contributed by atoms with Gasteiger partial charge in [0.15, 0.2) is 0 Å². The lowest BCUT2D eigenvalue weighted by Crippen LogP contribution is -2.12. The van der Waals surface area contributed by atoms with Gasteiger partial charge in [0, 0.05) is 5.56 Å². The summed E-state index contributed by atoms with van der Waals surface area (Å²) in [7, 11) is 0. The van der Waals surface area contributed by atoms with Crippen LogP contribution in [0.3, 0.4) is 0 Å². The molecule has 2 aromatic rings. The maximum absolute atomic E-state index is 11.7.